The zero-order valence-corrected chi connectivity index (χ0v) is 20.1. The second kappa shape index (κ2) is 9.57. The molecule has 1 fully saturated rings. The second-order valence-corrected chi connectivity index (χ2v) is 9.46. The van der Waals surface area contributed by atoms with Crippen LogP contribution < -0.4 is 0 Å². The number of carbonyl (C=O) groups excluding carboxylic acids is 1. The number of halogens is 1. The van der Waals surface area contributed by atoms with Crippen LogP contribution in [0.3, 0.4) is 0 Å². The van der Waals surface area contributed by atoms with Crippen LogP contribution in [0.5, 0.6) is 0 Å². The van der Waals surface area contributed by atoms with Gasteiger partial charge in [-0.15, -0.1) is 0 Å². The minimum Gasteiger partial charge on any atom is -0.339 e. The highest BCUT2D eigenvalue weighted by Crippen LogP contribution is 2.30. The van der Waals surface area contributed by atoms with Gasteiger partial charge in [-0.2, -0.15) is 5.10 Å². The number of benzene rings is 2. The van der Waals surface area contributed by atoms with Gasteiger partial charge >= 0.3 is 0 Å². The Labute approximate surface area is 209 Å². The minimum absolute atomic E-state index is 0.0769. The quantitative estimate of drug-likeness (QED) is 0.321. The molecule has 5 aromatic rings. The highest BCUT2D eigenvalue weighted by molar-refractivity contribution is 6.01. The normalized spacial score (nSPS) is 14.4. The number of fused-ring (bicyclic) bond motifs is 2. The van der Waals surface area contributed by atoms with Gasteiger partial charge in [0.1, 0.15) is 17.2 Å². The number of carbonyl (C=O) groups is 1. The molecule has 0 atom stereocenters. The molecular weight excluding hydrogens is 453 g/mol. The molecule has 0 radical (unpaired) electrons. The number of aromatic nitrogens is 4. The van der Waals surface area contributed by atoms with Crippen molar-refractivity contribution in [2.45, 2.75) is 38.6 Å². The fourth-order valence-corrected chi connectivity index (χ4v) is 5.13. The number of rotatable bonds is 5. The van der Waals surface area contributed by atoms with Crippen molar-refractivity contribution in [3.63, 3.8) is 0 Å². The Morgan fingerprint density at radius 3 is 2.56 bits per heavy atom. The van der Waals surface area contributed by atoms with Crippen molar-refractivity contribution < 1.29 is 9.18 Å². The lowest BCUT2D eigenvalue weighted by atomic mass is 10.1. The van der Waals surface area contributed by atoms with Crippen LogP contribution in [0.2, 0.25) is 0 Å². The van der Waals surface area contributed by atoms with Gasteiger partial charge in [-0.3, -0.25) is 13.9 Å². The van der Waals surface area contributed by atoms with E-state index in [1.807, 2.05) is 46.0 Å². The fourth-order valence-electron chi connectivity index (χ4n) is 5.13. The molecule has 1 aliphatic heterocycles. The average molecular weight is 482 g/mol. The van der Waals surface area contributed by atoms with E-state index < -0.39 is 0 Å². The van der Waals surface area contributed by atoms with Gasteiger partial charge in [0, 0.05) is 36.8 Å². The molecule has 1 amide bonds. The first-order valence-electron chi connectivity index (χ1n) is 12.6. The zero-order chi connectivity index (χ0) is 24.5. The predicted molar refractivity (Wildman–Crippen MR) is 138 cm³/mol. The van der Waals surface area contributed by atoms with Crippen molar-refractivity contribution in [2.24, 2.45) is 0 Å². The Morgan fingerprint density at radius 2 is 1.75 bits per heavy atom. The molecule has 0 bridgehead atoms. The smallest absolute Gasteiger partial charge is 0.253 e. The molecular formula is C29H28FN5O. The van der Waals surface area contributed by atoms with E-state index in [2.05, 4.69) is 17.1 Å². The number of imidazole rings is 1. The van der Waals surface area contributed by atoms with Crippen LogP contribution in [0, 0.1) is 5.82 Å². The molecule has 36 heavy (non-hydrogen) atoms. The molecule has 3 aromatic heterocycles. The zero-order valence-electron chi connectivity index (χ0n) is 20.1. The van der Waals surface area contributed by atoms with Crippen molar-refractivity contribution in [1.82, 2.24) is 24.1 Å². The Hall–Kier alpha value is -4.00. The molecule has 2 aromatic carbocycles. The van der Waals surface area contributed by atoms with Crippen molar-refractivity contribution in [3.8, 4) is 11.4 Å². The molecule has 0 saturated carbocycles. The Balaban J connectivity index is 1.43. The first-order valence-corrected chi connectivity index (χ1v) is 12.6. The number of likely N-dealkylation sites (tertiary alicyclic amines) is 1. The SMILES string of the molecule is O=C(c1ccc2c(-c3cnc4ccc(F)cn34)nn(CCc3ccccc3)c2c1)N1CCCCCC1. The highest BCUT2D eigenvalue weighted by Gasteiger charge is 2.21. The highest BCUT2D eigenvalue weighted by atomic mass is 19.1. The Kier molecular flexibility index (Phi) is 5.97. The summed E-state index contributed by atoms with van der Waals surface area (Å²) in [5, 5.41) is 5.88. The standard InChI is InChI=1S/C29H28FN5O/c30-23-11-13-27-31-19-26(34(27)20-23)28-24-12-10-22(29(36)33-15-6-1-2-7-16-33)18-25(24)35(32-28)17-14-21-8-4-3-5-9-21/h3-5,8-13,18-20H,1-2,6-7,14-17H2. The van der Waals surface area contributed by atoms with E-state index in [0.29, 0.717) is 17.8 Å². The number of amides is 1. The van der Waals surface area contributed by atoms with E-state index in [1.54, 1.807) is 16.7 Å². The summed E-state index contributed by atoms with van der Waals surface area (Å²) in [5.74, 6) is -0.257. The van der Waals surface area contributed by atoms with Gasteiger partial charge in [0.25, 0.3) is 5.91 Å². The van der Waals surface area contributed by atoms with Crippen LogP contribution in [-0.4, -0.2) is 43.1 Å². The van der Waals surface area contributed by atoms with E-state index in [-0.39, 0.29) is 11.7 Å². The summed E-state index contributed by atoms with van der Waals surface area (Å²) in [6.07, 6.45) is 8.44. The van der Waals surface area contributed by atoms with Gasteiger partial charge in [-0.05, 0) is 55.2 Å². The van der Waals surface area contributed by atoms with Gasteiger partial charge in [0.15, 0.2) is 0 Å². The lowest BCUT2D eigenvalue weighted by molar-refractivity contribution is 0.0762. The van der Waals surface area contributed by atoms with Crippen molar-refractivity contribution in [1.29, 1.82) is 0 Å². The third-order valence-corrected chi connectivity index (χ3v) is 7.06. The van der Waals surface area contributed by atoms with Gasteiger partial charge < -0.3 is 4.90 Å². The fraction of sp³-hybridized carbons (Fsp3) is 0.276. The van der Waals surface area contributed by atoms with E-state index in [9.17, 15) is 9.18 Å². The molecule has 0 aliphatic carbocycles. The summed E-state index contributed by atoms with van der Waals surface area (Å²) in [6.45, 7) is 2.28. The molecule has 6 nitrogen and oxygen atoms in total. The molecule has 6 rings (SSSR count). The third-order valence-electron chi connectivity index (χ3n) is 7.06. The molecule has 0 unspecified atom stereocenters. The predicted octanol–water partition coefficient (Wildman–Crippen LogP) is 5.75. The van der Waals surface area contributed by atoms with E-state index in [0.717, 1.165) is 54.6 Å². The third kappa shape index (κ3) is 4.26. The first-order chi connectivity index (χ1) is 17.7. The van der Waals surface area contributed by atoms with Crippen LogP contribution in [-0.2, 0) is 13.0 Å². The summed E-state index contributed by atoms with van der Waals surface area (Å²) in [5.41, 5.74) is 4.90. The molecule has 182 valence electrons. The first kappa shape index (κ1) is 22.5. The van der Waals surface area contributed by atoms with Gasteiger partial charge in [-0.1, -0.05) is 43.2 Å². The molecule has 4 heterocycles. The van der Waals surface area contributed by atoms with E-state index in [4.69, 9.17) is 5.10 Å². The maximum absolute atomic E-state index is 14.1. The van der Waals surface area contributed by atoms with Crippen molar-refractivity contribution in [2.75, 3.05) is 13.1 Å². The van der Waals surface area contributed by atoms with Crippen LogP contribution >= 0.6 is 0 Å². The minimum atomic E-state index is -0.333. The lowest BCUT2D eigenvalue weighted by Crippen LogP contribution is -2.31. The van der Waals surface area contributed by atoms with Gasteiger partial charge in [0.05, 0.1) is 17.4 Å². The summed E-state index contributed by atoms with van der Waals surface area (Å²) < 4.78 is 17.8. The molecule has 1 saturated heterocycles. The second-order valence-electron chi connectivity index (χ2n) is 9.46. The van der Waals surface area contributed by atoms with E-state index in [1.165, 1.54) is 30.7 Å². The monoisotopic (exact) mass is 481 g/mol. The summed E-state index contributed by atoms with van der Waals surface area (Å²) in [7, 11) is 0. The molecule has 0 spiro atoms. The number of nitrogens with zero attached hydrogens (tertiary/aromatic N) is 5. The van der Waals surface area contributed by atoms with Crippen LogP contribution in [0.15, 0.2) is 73.1 Å². The maximum atomic E-state index is 14.1. The van der Waals surface area contributed by atoms with E-state index >= 15 is 0 Å². The maximum Gasteiger partial charge on any atom is 0.253 e. The topological polar surface area (TPSA) is 55.4 Å². The van der Waals surface area contributed by atoms with Crippen LogP contribution in [0.1, 0.15) is 41.6 Å². The number of hydrogen-bond donors (Lipinski definition) is 0. The van der Waals surface area contributed by atoms with Crippen molar-refractivity contribution >= 4 is 22.5 Å². The lowest BCUT2D eigenvalue weighted by Gasteiger charge is -2.20. The summed E-state index contributed by atoms with van der Waals surface area (Å²) >= 11 is 0. The largest absolute Gasteiger partial charge is 0.339 e. The van der Waals surface area contributed by atoms with Gasteiger partial charge in [-0.25, -0.2) is 9.37 Å². The molecule has 0 N–H and O–H groups in total. The average Bonchev–Trinajstić information content (AvgIpc) is 3.36. The number of aryl methyl sites for hydroxylation is 2. The summed E-state index contributed by atoms with van der Waals surface area (Å²) in [4.78, 5) is 19.8. The van der Waals surface area contributed by atoms with Crippen LogP contribution in [0.25, 0.3) is 27.9 Å². The summed E-state index contributed by atoms with van der Waals surface area (Å²) in [6, 6.07) is 19.2. The molecule has 7 heteroatoms. The van der Waals surface area contributed by atoms with Crippen molar-refractivity contribution in [3.05, 3.63) is 90.0 Å². The number of hydrogen-bond acceptors (Lipinski definition) is 3. The number of pyridine rings is 1. The van der Waals surface area contributed by atoms with Gasteiger partial charge in [0.2, 0.25) is 0 Å². The van der Waals surface area contributed by atoms with Crippen LogP contribution in [0.4, 0.5) is 4.39 Å². The Bertz CT molecular complexity index is 1530. The molecule has 1 aliphatic rings. The Morgan fingerprint density at radius 1 is 0.944 bits per heavy atom.